The van der Waals surface area contributed by atoms with Gasteiger partial charge in [-0.2, -0.15) is 0 Å². The average molecular weight is 364 g/mol. The van der Waals surface area contributed by atoms with Crippen molar-refractivity contribution in [1.29, 1.82) is 0 Å². The van der Waals surface area contributed by atoms with E-state index in [1.54, 1.807) is 32.5 Å². The Morgan fingerprint density at radius 2 is 1.88 bits per heavy atom. The van der Waals surface area contributed by atoms with Crippen LogP contribution in [0.25, 0.3) is 0 Å². The molecule has 0 saturated carbocycles. The summed E-state index contributed by atoms with van der Waals surface area (Å²) in [5, 5.41) is 0. The fourth-order valence-electron chi connectivity index (χ4n) is 2.90. The summed E-state index contributed by atoms with van der Waals surface area (Å²) in [5.74, 6) is 1.47. The molecule has 2 aromatic rings. The van der Waals surface area contributed by atoms with Crippen LogP contribution in [0, 0.1) is 0 Å². The third-order valence-corrected chi connectivity index (χ3v) is 4.25. The van der Waals surface area contributed by atoms with Gasteiger partial charge in [-0.25, -0.2) is 0 Å². The Hall–Kier alpha value is -2.47. The second kappa shape index (κ2) is 8.07. The number of fused-ring (bicyclic) bond motifs is 1. The Morgan fingerprint density at radius 1 is 1.20 bits per heavy atom. The smallest absolute Gasteiger partial charge is 0.228 e. The first-order chi connectivity index (χ1) is 11.6. The van der Waals surface area contributed by atoms with Crippen molar-refractivity contribution in [2.75, 3.05) is 26.5 Å². The predicted molar refractivity (Wildman–Crippen MR) is 98.3 cm³/mol. The Balaban J connectivity index is 0.00000225. The van der Waals surface area contributed by atoms with Gasteiger partial charge in [0.2, 0.25) is 5.91 Å². The minimum Gasteiger partial charge on any atom is -0.493 e. The van der Waals surface area contributed by atoms with Crippen molar-refractivity contribution in [3.8, 4) is 11.5 Å². The van der Waals surface area contributed by atoms with Crippen LogP contribution >= 0.6 is 12.4 Å². The van der Waals surface area contributed by atoms with Crippen LogP contribution in [0.3, 0.4) is 0 Å². The highest BCUT2D eigenvalue weighted by Gasteiger charge is 2.23. The summed E-state index contributed by atoms with van der Waals surface area (Å²) in [6, 6.07) is 7.50. The number of aromatic nitrogens is 1. The number of anilines is 1. The van der Waals surface area contributed by atoms with Gasteiger partial charge >= 0.3 is 0 Å². The molecule has 1 aliphatic rings. The molecular formula is C18H22ClN3O3. The molecule has 0 saturated heterocycles. The van der Waals surface area contributed by atoms with E-state index in [0.29, 0.717) is 24.5 Å². The third kappa shape index (κ3) is 4.14. The van der Waals surface area contributed by atoms with Crippen LogP contribution in [0.4, 0.5) is 5.69 Å². The molecule has 134 valence electrons. The topological polar surface area (TPSA) is 77.7 Å². The highest BCUT2D eigenvalue weighted by atomic mass is 35.5. The van der Waals surface area contributed by atoms with Crippen molar-refractivity contribution in [3.63, 3.8) is 0 Å². The van der Waals surface area contributed by atoms with Gasteiger partial charge in [0.1, 0.15) is 0 Å². The standard InChI is InChI=1S/C18H21N3O3.ClH/c1-23-16-7-12-5-6-21(11-13(12)8-17(16)24-2)18(22)9-15-4-3-14(19)10-20-15;/h3-4,7-8,10H,5-6,9,11,19H2,1-2H3;1H. The number of carbonyl (C=O) groups is 1. The van der Waals surface area contributed by atoms with Gasteiger partial charge in [0, 0.05) is 18.8 Å². The van der Waals surface area contributed by atoms with E-state index in [-0.39, 0.29) is 24.7 Å². The highest BCUT2D eigenvalue weighted by Crippen LogP contribution is 2.33. The van der Waals surface area contributed by atoms with Crippen molar-refractivity contribution in [1.82, 2.24) is 9.88 Å². The molecule has 0 unspecified atom stereocenters. The summed E-state index contributed by atoms with van der Waals surface area (Å²) in [4.78, 5) is 18.6. The van der Waals surface area contributed by atoms with Crippen molar-refractivity contribution in [2.24, 2.45) is 0 Å². The van der Waals surface area contributed by atoms with E-state index in [9.17, 15) is 4.79 Å². The van der Waals surface area contributed by atoms with E-state index in [4.69, 9.17) is 15.2 Å². The fraction of sp³-hybridized carbons (Fsp3) is 0.333. The largest absolute Gasteiger partial charge is 0.493 e. The summed E-state index contributed by atoms with van der Waals surface area (Å²) >= 11 is 0. The zero-order chi connectivity index (χ0) is 17.1. The van der Waals surface area contributed by atoms with Gasteiger partial charge < -0.3 is 20.1 Å². The lowest BCUT2D eigenvalue weighted by atomic mass is 9.98. The molecule has 1 aliphatic heterocycles. The van der Waals surface area contributed by atoms with Crippen LogP contribution in [0.5, 0.6) is 11.5 Å². The third-order valence-electron chi connectivity index (χ3n) is 4.25. The van der Waals surface area contributed by atoms with Crippen molar-refractivity contribution in [3.05, 3.63) is 47.3 Å². The maximum absolute atomic E-state index is 12.5. The zero-order valence-electron chi connectivity index (χ0n) is 14.3. The molecule has 0 bridgehead atoms. The number of halogens is 1. The molecule has 1 aromatic heterocycles. The van der Waals surface area contributed by atoms with E-state index < -0.39 is 0 Å². The lowest BCUT2D eigenvalue weighted by Crippen LogP contribution is -2.37. The van der Waals surface area contributed by atoms with Gasteiger partial charge in [-0.05, 0) is 41.8 Å². The molecule has 7 heteroatoms. The molecule has 2 N–H and O–H groups in total. The summed E-state index contributed by atoms with van der Waals surface area (Å²) in [7, 11) is 3.24. The number of methoxy groups -OCH3 is 2. The van der Waals surface area contributed by atoms with Gasteiger partial charge in [0.25, 0.3) is 0 Å². The molecular weight excluding hydrogens is 342 g/mol. The number of carbonyl (C=O) groups excluding carboxylic acids is 1. The molecule has 0 radical (unpaired) electrons. The molecule has 1 aromatic carbocycles. The normalized spacial score (nSPS) is 12.8. The number of hydrogen-bond donors (Lipinski definition) is 1. The first-order valence-corrected chi connectivity index (χ1v) is 7.82. The summed E-state index contributed by atoms with van der Waals surface area (Å²) in [6.07, 6.45) is 2.66. The van der Waals surface area contributed by atoms with Gasteiger partial charge in [-0.3, -0.25) is 9.78 Å². The van der Waals surface area contributed by atoms with E-state index in [1.165, 1.54) is 5.56 Å². The molecule has 1 amide bonds. The van der Waals surface area contributed by atoms with E-state index in [0.717, 1.165) is 23.4 Å². The lowest BCUT2D eigenvalue weighted by molar-refractivity contribution is -0.131. The van der Waals surface area contributed by atoms with Crippen LogP contribution < -0.4 is 15.2 Å². The summed E-state index contributed by atoms with van der Waals surface area (Å²) in [6.45, 7) is 1.26. The Kier molecular flexibility index (Phi) is 6.09. The second-order valence-electron chi connectivity index (χ2n) is 5.80. The lowest BCUT2D eigenvalue weighted by Gasteiger charge is -2.29. The first-order valence-electron chi connectivity index (χ1n) is 7.82. The Labute approximate surface area is 153 Å². The van der Waals surface area contributed by atoms with E-state index in [2.05, 4.69) is 4.98 Å². The number of ether oxygens (including phenoxy) is 2. The van der Waals surface area contributed by atoms with Crippen LogP contribution in [0.2, 0.25) is 0 Å². The molecule has 0 aliphatic carbocycles. The fourth-order valence-corrected chi connectivity index (χ4v) is 2.90. The van der Waals surface area contributed by atoms with Crippen LogP contribution in [-0.4, -0.2) is 36.6 Å². The van der Waals surface area contributed by atoms with E-state index in [1.807, 2.05) is 17.0 Å². The first kappa shape index (κ1) is 18.9. The van der Waals surface area contributed by atoms with Crippen molar-refractivity contribution >= 4 is 24.0 Å². The van der Waals surface area contributed by atoms with Crippen LogP contribution in [0.15, 0.2) is 30.5 Å². The maximum atomic E-state index is 12.5. The van der Waals surface area contributed by atoms with Crippen molar-refractivity contribution < 1.29 is 14.3 Å². The van der Waals surface area contributed by atoms with Gasteiger partial charge in [-0.15, -0.1) is 12.4 Å². The number of pyridine rings is 1. The molecule has 3 rings (SSSR count). The minimum atomic E-state index is 0. The number of benzene rings is 1. The Morgan fingerprint density at radius 3 is 2.48 bits per heavy atom. The monoisotopic (exact) mass is 363 g/mol. The van der Waals surface area contributed by atoms with E-state index >= 15 is 0 Å². The number of nitrogens with two attached hydrogens (primary N) is 1. The quantitative estimate of drug-likeness (QED) is 0.901. The molecule has 0 atom stereocenters. The number of nitrogen functional groups attached to an aromatic ring is 1. The zero-order valence-corrected chi connectivity index (χ0v) is 15.1. The summed E-state index contributed by atoms with van der Waals surface area (Å²) < 4.78 is 10.7. The number of amides is 1. The maximum Gasteiger partial charge on any atom is 0.228 e. The van der Waals surface area contributed by atoms with Gasteiger partial charge in [0.15, 0.2) is 11.5 Å². The number of nitrogens with zero attached hydrogens (tertiary/aromatic N) is 2. The number of hydrogen-bond acceptors (Lipinski definition) is 5. The molecule has 0 fully saturated rings. The molecule has 25 heavy (non-hydrogen) atoms. The second-order valence-corrected chi connectivity index (χ2v) is 5.80. The molecule has 6 nitrogen and oxygen atoms in total. The number of rotatable bonds is 4. The van der Waals surface area contributed by atoms with Gasteiger partial charge in [-0.1, -0.05) is 0 Å². The predicted octanol–water partition coefficient (Wildman–Crippen LogP) is 2.23. The van der Waals surface area contributed by atoms with Crippen molar-refractivity contribution in [2.45, 2.75) is 19.4 Å². The summed E-state index contributed by atoms with van der Waals surface area (Å²) in [5.41, 5.74) is 9.24. The highest BCUT2D eigenvalue weighted by molar-refractivity contribution is 5.85. The Bertz CT molecular complexity index is 750. The molecule has 2 heterocycles. The minimum absolute atomic E-state index is 0. The SMILES string of the molecule is COc1cc2c(cc1OC)CN(C(=O)Cc1ccc(N)cn1)CC2.Cl. The molecule has 0 spiro atoms. The average Bonchev–Trinajstić information content (AvgIpc) is 2.61. The van der Waals surface area contributed by atoms with Gasteiger partial charge in [0.05, 0.1) is 32.5 Å². The van der Waals surface area contributed by atoms with Crippen LogP contribution in [0.1, 0.15) is 16.8 Å². The van der Waals surface area contributed by atoms with Crippen LogP contribution in [-0.2, 0) is 24.2 Å².